The lowest BCUT2D eigenvalue weighted by Crippen LogP contribution is -1.88. The minimum Gasteiger partial charge on any atom is -0.495 e. The molecule has 9 heavy (non-hydrogen) atoms. The summed E-state index contributed by atoms with van der Waals surface area (Å²) in [7, 11) is 1.61. The molecule has 0 unspecified atom stereocenters. The van der Waals surface area contributed by atoms with Crippen LogP contribution in [0, 0.1) is 6.92 Å². The molecule has 1 heterocycles. The van der Waals surface area contributed by atoms with Gasteiger partial charge in [-0.25, -0.2) is 0 Å². The van der Waals surface area contributed by atoms with Crippen LogP contribution in [0.25, 0.3) is 0 Å². The van der Waals surface area contributed by atoms with Gasteiger partial charge in [-0.2, -0.15) is 10.2 Å². The zero-order valence-electron chi connectivity index (χ0n) is 5.46. The second-order valence-corrected chi connectivity index (χ2v) is 1.74. The Labute approximate surface area is 53.7 Å². The van der Waals surface area contributed by atoms with Crippen molar-refractivity contribution < 1.29 is 4.74 Å². The van der Waals surface area contributed by atoms with E-state index in [1.807, 2.05) is 13.0 Å². The van der Waals surface area contributed by atoms with Gasteiger partial charge in [-0.3, -0.25) is 0 Å². The molecule has 0 fully saturated rings. The maximum absolute atomic E-state index is 4.89. The van der Waals surface area contributed by atoms with E-state index in [9.17, 15) is 0 Å². The first-order valence-corrected chi connectivity index (χ1v) is 2.66. The fourth-order valence-corrected chi connectivity index (χ4v) is 0.560. The second kappa shape index (κ2) is 2.44. The van der Waals surface area contributed by atoms with Crippen molar-refractivity contribution in [1.82, 2.24) is 10.2 Å². The summed E-state index contributed by atoms with van der Waals surface area (Å²) in [4.78, 5) is 0. The first kappa shape index (κ1) is 6.01. The number of rotatable bonds is 1. The van der Waals surface area contributed by atoms with Crippen LogP contribution in [0.2, 0.25) is 0 Å². The van der Waals surface area contributed by atoms with Crippen LogP contribution in [0.5, 0.6) is 5.75 Å². The van der Waals surface area contributed by atoms with Gasteiger partial charge in [0.15, 0.2) is 0 Å². The molecule has 0 bridgehead atoms. The Bertz CT molecular complexity index is 200. The fourth-order valence-electron chi connectivity index (χ4n) is 0.560. The van der Waals surface area contributed by atoms with Crippen LogP contribution < -0.4 is 4.74 Å². The summed E-state index contributed by atoms with van der Waals surface area (Å²) in [6.07, 6.45) is 1.58. The zero-order valence-corrected chi connectivity index (χ0v) is 5.46. The number of nitrogens with zero attached hydrogens (tertiary/aromatic N) is 2. The number of aryl methyl sites for hydroxylation is 1. The molecular formula is C6H8N2O. The highest BCUT2D eigenvalue weighted by Gasteiger charge is 1.89. The standard InChI is InChI=1S/C6H8N2O/c1-5-3-6(9-2)4-7-8-5/h3-4H,1-2H3. The van der Waals surface area contributed by atoms with Gasteiger partial charge in [-0.05, 0) is 6.92 Å². The van der Waals surface area contributed by atoms with E-state index in [0.29, 0.717) is 0 Å². The van der Waals surface area contributed by atoms with Gasteiger partial charge >= 0.3 is 0 Å². The van der Waals surface area contributed by atoms with Crippen LogP contribution in [0.1, 0.15) is 5.69 Å². The van der Waals surface area contributed by atoms with Crippen molar-refractivity contribution in [3.05, 3.63) is 18.0 Å². The minimum absolute atomic E-state index is 0.752. The third kappa shape index (κ3) is 1.38. The molecule has 0 amide bonds. The van der Waals surface area contributed by atoms with E-state index < -0.39 is 0 Å². The van der Waals surface area contributed by atoms with Crippen molar-refractivity contribution in [2.75, 3.05) is 7.11 Å². The maximum Gasteiger partial charge on any atom is 0.140 e. The Hall–Kier alpha value is -1.12. The monoisotopic (exact) mass is 124 g/mol. The summed E-state index contributed by atoms with van der Waals surface area (Å²) in [6.45, 7) is 1.87. The van der Waals surface area contributed by atoms with E-state index in [1.54, 1.807) is 13.3 Å². The highest BCUT2D eigenvalue weighted by atomic mass is 16.5. The molecule has 0 saturated carbocycles. The van der Waals surface area contributed by atoms with E-state index in [4.69, 9.17) is 4.74 Å². The number of methoxy groups -OCH3 is 1. The summed E-state index contributed by atoms with van der Waals surface area (Å²) in [5.41, 5.74) is 0.870. The number of ether oxygens (including phenoxy) is 1. The molecule has 3 heteroatoms. The number of hydrogen-bond donors (Lipinski definition) is 0. The normalized spacial score (nSPS) is 9.11. The lowest BCUT2D eigenvalue weighted by molar-refractivity contribution is 0.411. The number of hydrogen-bond acceptors (Lipinski definition) is 3. The minimum atomic E-state index is 0.752. The molecule has 48 valence electrons. The molecule has 1 aromatic rings. The van der Waals surface area contributed by atoms with Crippen LogP contribution in [0.3, 0.4) is 0 Å². The Morgan fingerprint density at radius 2 is 2.33 bits per heavy atom. The molecule has 0 radical (unpaired) electrons. The van der Waals surface area contributed by atoms with E-state index >= 15 is 0 Å². The lowest BCUT2D eigenvalue weighted by atomic mass is 10.4. The second-order valence-electron chi connectivity index (χ2n) is 1.74. The lowest BCUT2D eigenvalue weighted by Gasteiger charge is -1.95. The Kier molecular flexibility index (Phi) is 1.63. The average Bonchev–Trinajstić information content (AvgIpc) is 1.88. The van der Waals surface area contributed by atoms with Gasteiger partial charge in [-0.15, -0.1) is 0 Å². The highest BCUT2D eigenvalue weighted by Crippen LogP contribution is 2.05. The van der Waals surface area contributed by atoms with Gasteiger partial charge in [0.1, 0.15) is 5.75 Å². The molecular weight excluding hydrogens is 116 g/mol. The Morgan fingerprint density at radius 1 is 1.56 bits per heavy atom. The smallest absolute Gasteiger partial charge is 0.140 e. The van der Waals surface area contributed by atoms with Crippen LogP contribution in [-0.4, -0.2) is 17.3 Å². The van der Waals surface area contributed by atoms with Crippen molar-refractivity contribution in [3.63, 3.8) is 0 Å². The van der Waals surface area contributed by atoms with Gasteiger partial charge in [0, 0.05) is 6.07 Å². The van der Waals surface area contributed by atoms with Crippen LogP contribution in [0.15, 0.2) is 12.3 Å². The van der Waals surface area contributed by atoms with E-state index in [2.05, 4.69) is 10.2 Å². The summed E-state index contributed by atoms with van der Waals surface area (Å²) in [5.74, 6) is 0.752. The quantitative estimate of drug-likeness (QED) is 0.555. The summed E-state index contributed by atoms with van der Waals surface area (Å²) in [6, 6.07) is 1.83. The van der Waals surface area contributed by atoms with Crippen molar-refractivity contribution in [3.8, 4) is 5.75 Å². The number of aromatic nitrogens is 2. The molecule has 0 aromatic carbocycles. The Morgan fingerprint density at radius 3 is 2.78 bits per heavy atom. The van der Waals surface area contributed by atoms with E-state index in [1.165, 1.54) is 0 Å². The third-order valence-electron chi connectivity index (χ3n) is 0.987. The van der Waals surface area contributed by atoms with Crippen LogP contribution in [-0.2, 0) is 0 Å². The largest absolute Gasteiger partial charge is 0.495 e. The van der Waals surface area contributed by atoms with Crippen molar-refractivity contribution >= 4 is 0 Å². The van der Waals surface area contributed by atoms with Crippen LogP contribution in [0.4, 0.5) is 0 Å². The van der Waals surface area contributed by atoms with Gasteiger partial charge in [0.2, 0.25) is 0 Å². The molecule has 0 aliphatic heterocycles. The summed E-state index contributed by atoms with van der Waals surface area (Å²) < 4.78 is 4.89. The van der Waals surface area contributed by atoms with Gasteiger partial charge in [-0.1, -0.05) is 0 Å². The summed E-state index contributed by atoms with van der Waals surface area (Å²) >= 11 is 0. The van der Waals surface area contributed by atoms with Crippen molar-refractivity contribution in [2.24, 2.45) is 0 Å². The summed E-state index contributed by atoms with van der Waals surface area (Å²) in [5, 5.41) is 7.44. The topological polar surface area (TPSA) is 35.0 Å². The molecule has 0 spiro atoms. The fraction of sp³-hybridized carbons (Fsp3) is 0.333. The Balaban J connectivity index is 2.94. The molecule has 0 atom stereocenters. The van der Waals surface area contributed by atoms with E-state index in [-0.39, 0.29) is 0 Å². The first-order valence-electron chi connectivity index (χ1n) is 2.66. The SMILES string of the molecule is COc1cnnc(C)c1. The third-order valence-corrected chi connectivity index (χ3v) is 0.987. The molecule has 1 rings (SSSR count). The maximum atomic E-state index is 4.89. The molecule has 0 N–H and O–H groups in total. The van der Waals surface area contributed by atoms with Crippen molar-refractivity contribution in [1.29, 1.82) is 0 Å². The highest BCUT2D eigenvalue weighted by molar-refractivity contribution is 5.17. The van der Waals surface area contributed by atoms with Gasteiger partial charge in [0.05, 0.1) is 19.0 Å². The van der Waals surface area contributed by atoms with E-state index in [0.717, 1.165) is 11.4 Å². The molecule has 0 saturated heterocycles. The van der Waals surface area contributed by atoms with Crippen LogP contribution >= 0.6 is 0 Å². The van der Waals surface area contributed by atoms with Crippen molar-refractivity contribution in [2.45, 2.75) is 6.92 Å². The molecule has 3 nitrogen and oxygen atoms in total. The average molecular weight is 124 g/mol. The zero-order chi connectivity index (χ0) is 6.69. The predicted molar refractivity (Wildman–Crippen MR) is 33.3 cm³/mol. The van der Waals surface area contributed by atoms with Gasteiger partial charge < -0.3 is 4.74 Å². The molecule has 0 aliphatic carbocycles. The van der Waals surface area contributed by atoms with Gasteiger partial charge in [0.25, 0.3) is 0 Å². The first-order chi connectivity index (χ1) is 4.33. The molecule has 0 aliphatic rings. The molecule has 1 aromatic heterocycles. The predicted octanol–water partition coefficient (Wildman–Crippen LogP) is 0.794.